The fourth-order valence-electron chi connectivity index (χ4n) is 4.82. The third-order valence-corrected chi connectivity index (χ3v) is 8.39. The molecular formula is C35H52O8. The summed E-state index contributed by atoms with van der Waals surface area (Å²) in [7, 11) is 0. The lowest BCUT2D eigenvalue weighted by Gasteiger charge is -2.44. The van der Waals surface area contributed by atoms with Crippen molar-refractivity contribution in [3.8, 4) is 0 Å². The Labute approximate surface area is 257 Å². The van der Waals surface area contributed by atoms with Crippen molar-refractivity contribution in [3.63, 3.8) is 0 Å². The average molecular weight is 601 g/mol. The minimum atomic E-state index is -1.19. The summed E-state index contributed by atoms with van der Waals surface area (Å²) in [6.45, 7) is 15.0. The standard InChI is InChI=1S/C35H52O8/c1-9-40-31(38)33(3,4)27(36)21-29(42-23-25-17-13-11-14-18-25)35(7,8)30(43-24-26-19-15-12-16-20-26)22-28(37)34(5,6)32(39)41-10-2/h11-20,27-30,36-37H,9-10,21-24H2,1-8H3/t27-,28+,29-,30+. The molecule has 2 aromatic carbocycles. The van der Waals surface area contributed by atoms with Crippen LogP contribution in [0.1, 0.15) is 79.4 Å². The van der Waals surface area contributed by atoms with Crippen LogP contribution in [-0.4, -0.2) is 59.8 Å². The zero-order chi connectivity index (χ0) is 32.3. The molecule has 0 bridgehead atoms. The number of carbonyl (C=O) groups is 2. The maximum atomic E-state index is 12.8. The molecule has 0 aromatic heterocycles. The molecule has 43 heavy (non-hydrogen) atoms. The number of rotatable bonds is 18. The minimum absolute atomic E-state index is 0.105. The van der Waals surface area contributed by atoms with Crippen molar-refractivity contribution in [1.29, 1.82) is 0 Å². The van der Waals surface area contributed by atoms with E-state index in [-0.39, 0.29) is 39.3 Å². The second-order valence-corrected chi connectivity index (χ2v) is 12.8. The van der Waals surface area contributed by atoms with Crippen molar-refractivity contribution in [1.82, 2.24) is 0 Å². The number of aliphatic hydroxyl groups is 2. The summed E-state index contributed by atoms with van der Waals surface area (Å²) in [5, 5.41) is 22.8. The van der Waals surface area contributed by atoms with E-state index in [1.54, 1.807) is 41.5 Å². The van der Waals surface area contributed by atoms with Crippen molar-refractivity contribution in [3.05, 3.63) is 71.8 Å². The lowest BCUT2D eigenvalue weighted by Crippen LogP contribution is -2.50. The Kier molecular flexibility index (Phi) is 13.8. The summed E-state index contributed by atoms with van der Waals surface area (Å²) in [6, 6.07) is 19.4. The molecule has 0 unspecified atom stereocenters. The van der Waals surface area contributed by atoms with Gasteiger partial charge in [0.1, 0.15) is 0 Å². The first-order valence-electron chi connectivity index (χ1n) is 15.2. The topological polar surface area (TPSA) is 112 Å². The van der Waals surface area contributed by atoms with Crippen LogP contribution in [0, 0.1) is 16.2 Å². The fourth-order valence-corrected chi connectivity index (χ4v) is 4.82. The van der Waals surface area contributed by atoms with Gasteiger partial charge in [-0.2, -0.15) is 0 Å². The molecule has 0 heterocycles. The molecule has 0 aliphatic heterocycles. The van der Waals surface area contributed by atoms with Crippen LogP contribution in [0.5, 0.6) is 0 Å². The summed E-state index contributed by atoms with van der Waals surface area (Å²) < 4.78 is 23.5. The van der Waals surface area contributed by atoms with Crippen LogP contribution >= 0.6 is 0 Å². The lowest BCUT2D eigenvalue weighted by molar-refractivity contribution is -0.173. The van der Waals surface area contributed by atoms with Gasteiger partial charge in [0, 0.05) is 18.3 Å². The Balaban J connectivity index is 2.46. The van der Waals surface area contributed by atoms with Crippen LogP contribution in [0.2, 0.25) is 0 Å². The van der Waals surface area contributed by atoms with Crippen molar-refractivity contribution >= 4 is 11.9 Å². The maximum Gasteiger partial charge on any atom is 0.314 e. The molecule has 0 saturated heterocycles. The number of hydrogen-bond donors (Lipinski definition) is 2. The van der Waals surface area contributed by atoms with Crippen molar-refractivity contribution in [2.24, 2.45) is 16.2 Å². The number of esters is 2. The molecule has 240 valence electrons. The van der Waals surface area contributed by atoms with E-state index in [9.17, 15) is 19.8 Å². The predicted molar refractivity (Wildman–Crippen MR) is 166 cm³/mol. The molecule has 8 heteroatoms. The molecule has 2 rings (SSSR count). The van der Waals surface area contributed by atoms with Gasteiger partial charge in [0.05, 0.1) is 61.7 Å². The van der Waals surface area contributed by atoms with E-state index in [4.69, 9.17) is 18.9 Å². The van der Waals surface area contributed by atoms with Gasteiger partial charge in [-0.05, 0) is 52.7 Å². The Morgan fingerprint density at radius 2 is 0.953 bits per heavy atom. The molecule has 0 aliphatic rings. The van der Waals surface area contributed by atoms with Crippen LogP contribution in [0.3, 0.4) is 0 Å². The maximum absolute atomic E-state index is 12.8. The molecule has 2 N–H and O–H groups in total. The minimum Gasteiger partial charge on any atom is -0.466 e. The Hall–Kier alpha value is -2.78. The van der Waals surface area contributed by atoms with Gasteiger partial charge in [0.25, 0.3) is 0 Å². The third-order valence-electron chi connectivity index (χ3n) is 8.39. The number of carbonyl (C=O) groups excluding carboxylic acids is 2. The van der Waals surface area contributed by atoms with E-state index in [1.165, 1.54) is 0 Å². The van der Waals surface area contributed by atoms with Crippen molar-refractivity contribution in [2.75, 3.05) is 13.2 Å². The Bertz CT molecular complexity index is 1030. The van der Waals surface area contributed by atoms with Gasteiger partial charge in [-0.15, -0.1) is 0 Å². The second-order valence-electron chi connectivity index (χ2n) is 12.8. The van der Waals surface area contributed by atoms with Gasteiger partial charge in [-0.1, -0.05) is 74.5 Å². The zero-order valence-corrected chi connectivity index (χ0v) is 27.2. The molecule has 4 atom stereocenters. The first-order chi connectivity index (χ1) is 20.2. The van der Waals surface area contributed by atoms with Crippen LogP contribution in [0.15, 0.2) is 60.7 Å². The summed E-state index contributed by atoms with van der Waals surface area (Å²) in [6.07, 6.45) is -3.21. The summed E-state index contributed by atoms with van der Waals surface area (Å²) in [5.41, 5.74) is -1.28. The quantitative estimate of drug-likeness (QED) is 0.205. The van der Waals surface area contributed by atoms with Gasteiger partial charge in [-0.25, -0.2) is 0 Å². The van der Waals surface area contributed by atoms with Gasteiger partial charge < -0.3 is 29.2 Å². The first kappa shape index (κ1) is 36.4. The highest BCUT2D eigenvalue weighted by atomic mass is 16.5. The van der Waals surface area contributed by atoms with Crippen LogP contribution in [0.4, 0.5) is 0 Å². The highest BCUT2D eigenvalue weighted by molar-refractivity contribution is 5.77. The van der Waals surface area contributed by atoms with Crippen molar-refractivity contribution < 1.29 is 38.7 Å². The Morgan fingerprint density at radius 1 is 0.628 bits per heavy atom. The smallest absolute Gasteiger partial charge is 0.314 e. The van der Waals surface area contributed by atoms with Crippen molar-refractivity contribution in [2.45, 2.75) is 106 Å². The largest absolute Gasteiger partial charge is 0.466 e. The summed E-state index contributed by atoms with van der Waals surface area (Å²) in [5.74, 6) is -0.990. The number of aliphatic hydroxyl groups excluding tert-OH is 2. The number of hydrogen-bond acceptors (Lipinski definition) is 8. The fraction of sp³-hybridized carbons (Fsp3) is 0.600. The van der Waals surface area contributed by atoms with Crippen LogP contribution in [0.25, 0.3) is 0 Å². The second kappa shape index (κ2) is 16.3. The van der Waals surface area contributed by atoms with E-state index in [0.29, 0.717) is 0 Å². The highest BCUT2D eigenvalue weighted by Crippen LogP contribution is 2.40. The summed E-state index contributed by atoms with van der Waals surface area (Å²) in [4.78, 5) is 25.5. The number of ether oxygens (including phenoxy) is 4. The molecule has 0 aliphatic carbocycles. The molecule has 8 nitrogen and oxygen atoms in total. The van der Waals surface area contributed by atoms with Gasteiger partial charge >= 0.3 is 11.9 Å². The van der Waals surface area contributed by atoms with Gasteiger partial charge in [0.15, 0.2) is 0 Å². The van der Waals surface area contributed by atoms with E-state index in [1.807, 2.05) is 74.5 Å². The normalized spacial score (nSPS) is 15.3. The molecule has 0 saturated carbocycles. The van der Waals surface area contributed by atoms with Crippen LogP contribution in [-0.2, 0) is 41.8 Å². The van der Waals surface area contributed by atoms with E-state index >= 15 is 0 Å². The molecule has 2 aromatic rings. The highest BCUT2D eigenvalue weighted by Gasteiger charge is 2.47. The monoisotopic (exact) mass is 600 g/mol. The lowest BCUT2D eigenvalue weighted by atomic mass is 9.71. The predicted octanol–water partition coefficient (Wildman–Crippen LogP) is 5.86. The van der Waals surface area contributed by atoms with Gasteiger partial charge in [0.2, 0.25) is 0 Å². The summed E-state index contributed by atoms with van der Waals surface area (Å²) >= 11 is 0. The third kappa shape index (κ3) is 10.1. The first-order valence-corrected chi connectivity index (χ1v) is 15.2. The average Bonchev–Trinajstić information content (AvgIpc) is 2.98. The SMILES string of the molecule is CCOC(=O)C(C)(C)[C@H](O)C[C@@H](OCc1ccccc1)C(C)(C)[C@H](C[C@H](O)C(C)(C)C(=O)OCC)OCc1ccccc1. The van der Waals surface area contributed by atoms with E-state index < -0.39 is 52.6 Å². The molecule has 0 radical (unpaired) electrons. The van der Waals surface area contributed by atoms with E-state index in [2.05, 4.69) is 0 Å². The van der Waals surface area contributed by atoms with Gasteiger partial charge in [-0.3, -0.25) is 9.59 Å². The van der Waals surface area contributed by atoms with E-state index in [0.717, 1.165) is 11.1 Å². The number of benzene rings is 2. The molecular weight excluding hydrogens is 548 g/mol. The zero-order valence-electron chi connectivity index (χ0n) is 27.2. The molecule has 0 fully saturated rings. The molecule has 0 spiro atoms. The molecule has 0 amide bonds. The van der Waals surface area contributed by atoms with Crippen LogP contribution < -0.4 is 0 Å². The Morgan fingerprint density at radius 3 is 1.26 bits per heavy atom.